The molecule has 1 fully saturated rings. The fraction of sp³-hybridized carbons (Fsp3) is 0.667. The molecule has 1 aromatic rings. The van der Waals surface area contributed by atoms with Gasteiger partial charge in [-0.05, 0) is 56.3 Å². The number of hydrogen-bond donors (Lipinski definition) is 2. The lowest BCUT2D eigenvalue weighted by Gasteiger charge is -2.35. The predicted molar refractivity (Wildman–Crippen MR) is 105 cm³/mol. The van der Waals surface area contributed by atoms with E-state index >= 15 is 0 Å². The highest BCUT2D eigenvalue weighted by Crippen LogP contribution is 2.38. The average molecular weight is 363 g/mol. The van der Waals surface area contributed by atoms with Crippen LogP contribution in [0.3, 0.4) is 0 Å². The third kappa shape index (κ3) is 7.06. The maximum atomic E-state index is 12.5. The van der Waals surface area contributed by atoms with Gasteiger partial charge >= 0.3 is 0 Å². The average Bonchev–Trinajstić information content (AvgIpc) is 2.62. The highest BCUT2D eigenvalue weighted by molar-refractivity contribution is 5.91. The molecule has 1 aromatic carbocycles. The van der Waals surface area contributed by atoms with Crippen LogP contribution in [0.2, 0.25) is 0 Å². The van der Waals surface area contributed by atoms with E-state index in [1.807, 2.05) is 38.1 Å². The van der Waals surface area contributed by atoms with Gasteiger partial charge < -0.3 is 20.5 Å². The van der Waals surface area contributed by atoms with Gasteiger partial charge in [-0.2, -0.15) is 0 Å². The van der Waals surface area contributed by atoms with Gasteiger partial charge in [0.05, 0.1) is 25.9 Å². The number of ether oxygens (including phenoxy) is 2. The number of nitrogens with one attached hydrogen (secondary N) is 1. The van der Waals surface area contributed by atoms with Crippen molar-refractivity contribution in [3.63, 3.8) is 0 Å². The van der Waals surface area contributed by atoms with Crippen molar-refractivity contribution in [2.24, 2.45) is 11.1 Å². The van der Waals surface area contributed by atoms with E-state index < -0.39 is 0 Å². The Morgan fingerprint density at radius 3 is 2.69 bits per heavy atom. The number of carbonyl (C=O) groups excluding carboxylic acids is 1. The summed E-state index contributed by atoms with van der Waals surface area (Å²) >= 11 is 0. The first-order valence-electron chi connectivity index (χ1n) is 9.81. The number of hydrogen-bond acceptors (Lipinski definition) is 4. The lowest BCUT2D eigenvalue weighted by atomic mass is 9.71. The maximum absolute atomic E-state index is 12.5. The SMILES string of the molecule is CC(C)OCCOCc1cccc(NC(=O)CC2(CN)CCCCC2)c1. The monoisotopic (exact) mass is 362 g/mol. The molecule has 0 saturated heterocycles. The largest absolute Gasteiger partial charge is 0.376 e. The zero-order chi connectivity index (χ0) is 18.8. The minimum Gasteiger partial charge on any atom is -0.376 e. The molecule has 146 valence electrons. The Bertz CT molecular complexity index is 554. The molecule has 0 aliphatic heterocycles. The highest BCUT2D eigenvalue weighted by Gasteiger charge is 2.32. The molecule has 26 heavy (non-hydrogen) atoms. The van der Waals surface area contributed by atoms with Gasteiger partial charge in [-0.3, -0.25) is 4.79 Å². The molecule has 1 aliphatic carbocycles. The Labute approximate surface area is 157 Å². The van der Waals surface area contributed by atoms with Crippen molar-refractivity contribution in [1.29, 1.82) is 0 Å². The van der Waals surface area contributed by atoms with Gasteiger partial charge in [0, 0.05) is 12.1 Å². The minimum atomic E-state index is -0.0144. The van der Waals surface area contributed by atoms with E-state index in [0.717, 1.165) is 24.1 Å². The van der Waals surface area contributed by atoms with Gasteiger partial charge in [0.1, 0.15) is 0 Å². The molecule has 3 N–H and O–H groups in total. The van der Waals surface area contributed by atoms with Gasteiger partial charge in [0.2, 0.25) is 5.91 Å². The summed E-state index contributed by atoms with van der Waals surface area (Å²) in [5.41, 5.74) is 7.84. The smallest absolute Gasteiger partial charge is 0.224 e. The van der Waals surface area contributed by atoms with E-state index in [-0.39, 0.29) is 17.4 Å². The predicted octanol–water partition coefficient (Wildman–Crippen LogP) is 3.87. The van der Waals surface area contributed by atoms with Gasteiger partial charge in [0.25, 0.3) is 0 Å². The van der Waals surface area contributed by atoms with E-state index in [2.05, 4.69) is 5.32 Å². The summed E-state index contributed by atoms with van der Waals surface area (Å²) in [6, 6.07) is 7.83. The zero-order valence-corrected chi connectivity index (χ0v) is 16.3. The van der Waals surface area contributed by atoms with Gasteiger partial charge in [-0.25, -0.2) is 0 Å². The van der Waals surface area contributed by atoms with E-state index in [9.17, 15) is 4.79 Å². The zero-order valence-electron chi connectivity index (χ0n) is 16.3. The van der Waals surface area contributed by atoms with Gasteiger partial charge in [0.15, 0.2) is 0 Å². The quantitative estimate of drug-likeness (QED) is 0.620. The topological polar surface area (TPSA) is 73.6 Å². The van der Waals surface area contributed by atoms with Crippen LogP contribution in [0.5, 0.6) is 0 Å². The van der Waals surface area contributed by atoms with Gasteiger partial charge in [-0.15, -0.1) is 0 Å². The molecule has 2 rings (SSSR count). The second kappa shape index (κ2) is 10.7. The van der Waals surface area contributed by atoms with Crippen molar-refractivity contribution in [2.45, 2.75) is 65.1 Å². The number of anilines is 1. The summed E-state index contributed by atoms with van der Waals surface area (Å²) in [7, 11) is 0. The molecule has 0 spiro atoms. The second-order valence-corrected chi connectivity index (χ2v) is 7.66. The summed E-state index contributed by atoms with van der Waals surface area (Å²) in [6.07, 6.45) is 6.46. The maximum Gasteiger partial charge on any atom is 0.224 e. The van der Waals surface area contributed by atoms with Crippen LogP contribution in [0, 0.1) is 5.41 Å². The first-order valence-corrected chi connectivity index (χ1v) is 9.81. The molecule has 0 radical (unpaired) electrons. The first kappa shape index (κ1) is 20.9. The van der Waals surface area contributed by atoms with Crippen LogP contribution in [-0.4, -0.2) is 31.8 Å². The molecule has 0 bridgehead atoms. The van der Waals surface area contributed by atoms with E-state index in [1.165, 1.54) is 19.3 Å². The Hall–Kier alpha value is -1.43. The van der Waals surface area contributed by atoms with Crippen LogP contribution in [0.1, 0.15) is 57.9 Å². The van der Waals surface area contributed by atoms with E-state index in [4.69, 9.17) is 15.2 Å². The van der Waals surface area contributed by atoms with E-state index in [0.29, 0.717) is 32.8 Å². The number of rotatable bonds is 10. The molecule has 0 unspecified atom stereocenters. The number of amides is 1. The molecule has 0 atom stereocenters. The summed E-state index contributed by atoms with van der Waals surface area (Å²) in [5.74, 6) is 0.0563. The molecule has 5 heteroatoms. The summed E-state index contributed by atoms with van der Waals surface area (Å²) in [6.45, 7) is 6.27. The Morgan fingerprint density at radius 2 is 2.00 bits per heavy atom. The molecule has 1 amide bonds. The first-order chi connectivity index (χ1) is 12.5. The van der Waals surface area contributed by atoms with Gasteiger partial charge in [-0.1, -0.05) is 31.4 Å². The van der Waals surface area contributed by atoms with Crippen molar-refractivity contribution in [3.8, 4) is 0 Å². The molecule has 0 heterocycles. The summed E-state index contributed by atoms with van der Waals surface area (Å²) in [5, 5.41) is 3.03. The molecule has 1 saturated carbocycles. The van der Waals surface area contributed by atoms with Crippen molar-refractivity contribution in [1.82, 2.24) is 0 Å². The molecule has 0 aromatic heterocycles. The van der Waals surface area contributed by atoms with Crippen molar-refractivity contribution >= 4 is 11.6 Å². The fourth-order valence-corrected chi connectivity index (χ4v) is 3.57. The van der Waals surface area contributed by atoms with Crippen LogP contribution < -0.4 is 11.1 Å². The van der Waals surface area contributed by atoms with Crippen LogP contribution in [0.25, 0.3) is 0 Å². The Morgan fingerprint density at radius 1 is 1.23 bits per heavy atom. The molecule has 1 aliphatic rings. The summed E-state index contributed by atoms with van der Waals surface area (Å²) in [4.78, 5) is 12.5. The van der Waals surface area contributed by atoms with Crippen molar-refractivity contribution in [2.75, 3.05) is 25.1 Å². The molecular weight excluding hydrogens is 328 g/mol. The number of benzene rings is 1. The number of nitrogens with two attached hydrogens (primary N) is 1. The number of carbonyl (C=O) groups is 1. The molecule has 5 nitrogen and oxygen atoms in total. The lowest BCUT2D eigenvalue weighted by Crippen LogP contribution is -2.36. The van der Waals surface area contributed by atoms with E-state index in [1.54, 1.807) is 0 Å². The Kier molecular flexibility index (Phi) is 8.55. The summed E-state index contributed by atoms with van der Waals surface area (Å²) < 4.78 is 11.1. The highest BCUT2D eigenvalue weighted by atomic mass is 16.5. The third-order valence-corrected chi connectivity index (χ3v) is 5.04. The van der Waals surface area contributed by atoms with Crippen LogP contribution >= 0.6 is 0 Å². The Balaban J connectivity index is 1.80. The molecular formula is C21H34N2O3. The normalized spacial score (nSPS) is 16.6. The van der Waals surface area contributed by atoms with Crippen LogP contribution in [0.4, 0.5) is 5.69 Å². The third-order valence-electron chi connectivity index (χ3n) is 5.04. The lowest BCUT2D eigenvalue weighted by molar-refractivity contribution is -0.118. The van der Waals surface area contributed by atoms with Crippen molar-refractivity contribution < 1.29 is 14.3 Å². The standard InChI is InChI=1S/C21H34N2O3/c1-17(2)26-12-11-25-15-18-7-6-8-19(13-18)23-20(24)14-21(16-22)9-4-3-5-10-21/h6-8,13,17H,3-5,9-12,14-16,22H2,1-2H3,(H,23,24). The van der Waals surface area contributed by atoms with Crippen LogP contribution in [-0.2, 0) is 20.9 Å². The van der Waals surface area contributed by atoms with Crippen molar-refractivity contribution in [3.05, 3.63) is 29.8 Å². The fourth-order valence-electron chi connectivity index (χ4n) is 3.57. The van der Waals surface area contributed by atoms with Crippen LogP contribution in [0.15, 0.2) is 24.3 Å². The minimum absolute atomic E-state index is 0.0144. The second-order valence-electron chi connectivity index (χ2n) is 7.66.